The molecule has 1 heterocycles. The van der Waals surface area contributed by atoms with E-state index in [2.05, 4.69) is 5.32 Å². The summed E-state index contributed by atoms with van der Waals surface area (Å²) in [7, 11) is 3.08. The normalized spacial score (nSPS) is 23.4. The molecule has 4 nitrogen and oxygen atoms in total. The van der Waals surface area contributed by atoms with E-state index in [1.807, 2.05) is 24.3 Å². The summed E-state index contributed by atoms with van der Waals surface area (Å²) in [5.74, 6) is 2.31. The van der Waals surface area contributed by atoms with Crippen LogP contribution >= 0.6 is 11.8 Å². The van der Waals surface area contributed by atoms with E-state index in [4.69, 9.17) is 9.47 Å². The number of carbonyl (C=O) groups is 1. The van der Waals surface area contributed by atoms with Crippen molar-refractivity contribution in [2.45, 2.75) is 12.1 Å². The number of rotatable bonds is 3. The number of nitrogens with one attached hydrogen (secondary N) is 1. The molecule has 1 fully saturated rings. The average molecular weight is 267 g/mol. The average Bonchev–Trinajstić information content (AvgIpc) is 2.46. The van der Waals surface area contributed by atoms with Gasteiger partial charge >= 0.3 is 5.97 Å². The van der Waals surface area contributed by atoms with Gasteiger partial charge in [0.2, 0.25) is 0 Å². The van der Waals surface area contributed by atoms with Crippen LogP contribution in [0.25, 0.3) is 0 Å². The highest BCUT2D eigenvalue weighted by atomic mass is 32.2. The Bertz CT molecular complexity index is 424. The van der Waals surface area contributed by atoms with E-state index in [0.29, 0.717) is 0 Å². The van der Waals surface area contributed by atoms with E-state index in [0.717, 1.165) is 22.8 Å². The standard InChI is InChI=1S/C13H17NO3S/c1-16-12-6-4-3-5-9(12)10-7-18-8-11(14-10)13(15)17-2/h3-6,10-11,14H,7-8H2,1-2H3. The lowest BCUT2D eigenvalue weighted by atomic mass is 10.1. The summed E-state index contributed by atoms with van der Waals surface area (Å²) in [6, 6.07) is 7.75. The van der Waals surface area contributed by atoms with Gasteiger partial charge < -0.3 is 9.47 Å². The zero-order valence-corrected chi connectivity index (χ0v) is 11.3. The number of para-hydroxylation sites is 1. The first kappa shape index (κ1) is 13.2. The van der Waals surface area contributed by atoms with Crippen LogP contribution in [0.4, 0.5) is 0 Å². The molecule has 1 aliphatic rings. The third-order valence-corrected chi connectivity index (χ3v) is 4.11. The third kappa shape index (κ3) is 2.79. The number of carbonyl (C=O) groups excluding carboxylic acids is 1. The van der Waals surface area contributed by atoms with Crippen molar-refractivity contribution in [1.29, 1.82) is 0 Å². The molecule has 1 N–H and O–H groups in total. The molecule has 1 aromatic rings. The minimum absolute atomic E-state index is 0.115. The SMILES string of the molecule is COC(=O)C1CSCC(c2ccccc2OC)N1. The van der Waals surface area contributed by atoms with Crippen LogP contribution in [0.15, 0.2) is 24.3 Å². The molecule has 0 saturated carbocycles. The van der Waals surface area contributed by atoms with E-state index >= 15 is 0 Å². The first-order valence-corrected chi connectivity index (χ1v) is 6.96. The Morgan fingerprint density at radius 3 is 2.83 bits per heavy atom. The fourth-order valence-corrected chi connectivity index (χ4v) is 3.17. The molecular weight excluding hydrogens is 250 g/mol. The number of thioether (sulfide) groups is 1. The Morgan fingerprint density at radius 1 is 1.33 bits per heavy atom. The van der Waals surface area contributed by atoms with Gasteiger partial charge in [-0.2, -0.15) is 11.8 Å². The molecular formula is C13H17NO3S. The van der Waals surface area contributed by atoms with Gasteiger partial charge in [0, 0.05) is 23.1 Å². The second-order valence-electron chi connectivity index (χ2n) is 4.07. The first-order valence-electron chi connectivity index (χ1n) is 5.80. The molecule has 98 valence electrons. The molecule has 0 aliphatic carbocycles. The van der Waals surface area contributed by atoms with E-state index in [1.165, 1.54) is 7.11 Å². The van der Waals surface area contributed by atoms with Crippen molar-refractivity contribution >= 4 is 17.7 Å². The fourth-order valence-electron chi connectivity index (χ4n) is 2.06. The Hall–Kier alpha value is -1.20. The van der Waals surface area contributed by atoms with Crippen molar-refractivity contribution in [1.82, 2.24) is 5.32 Å². The third-order valence-electron chi connectivity index (χ3n) is 2.97. The van der Waals surface area contributed by atoms with Crippen LogP contribution in [-0.2, 0) is 9.53 Å². The molecule has 0 aromatic heterocycles. The van der Waals surface area contributed by atoms with Gasteiger partial charge in [0.15, 0.2) is 0 Å². The summed E-state index contributed by atoms with van der Waals surface area (Å²) >= 11 is 1.75. The highest BCUT2D eigenvalue weighted by Crippen LogP contribution is 2.30. The molecule has 0 spiro atoms. The van der Waals surface area contributed by atoms with Crippen LogP contribution in [-0.4, -0.2) is 37.7 Å². The molecule has 1 saturated heterocycles. The molecule has 0 bridgehead atoms. The molecule has 5 heteroatoms. The smallest absolute Gasteiger partial charge is 0.323 e. The second kappa shape index (κ2) is 6.11. The Balaban J connectivity index is 2.15. The summed E-state index contributed by atoms with van der Waals surface area (Å²) in [6.45, 7) is 0. The summed E-state index contributed by atoms with van der Waals surface area (Å²) < 4.78 is 10.1. The zero-order chi connectivity index (χ0) is 13.0. The maximum Gasteiger partial charge on any atom is 0.323 e. The number of esters is 1. The lowest BCUT2D eigenvalue weighted by molar-refractivity contribution is -0.142. The maximum absolute atomic E-state index is 11.6. The van der Waals surface area contributed by atoms with Gasteiger partial charge in [-0.25, -0.2) is 0 Å². The minimum atomic E-state index is -0.247. The highest BCUT2D eigenvalue weighted by Gasteiger charge is 2.29. The van der Waals surface area contributed by atoms with Crippen molar-refractivity contribution < 1.29 is 14.3 Å². The Kier molecular flexibility index (Phi) is 4.49. The van der Waals surface area contributed by atoms with Crippen molar-refractivity contribution in [3.05, 3.63) is 29.8 Å². The van der Waals surface area contributed by atoms with E-state index in [-0.39, 0.29) is 18.1 Å². The molecule has 18 heavy (non-hydrogen) atoms. The van der Waals surface area contributed by atoms with Crippen molar-refractivity contribution in [2.75, 3.05) is 25.7 Å². The van der Waals surface area contributed by atoms with E-state index in [1.54, 1.807) is 18.9 Å². The summed E-state index contributed by atoms with van der Waals surface area (Å²) in [5.41, 5.74) is 1.08. The predicted octanol–water partition coefficient (Wildman–Crippen LogP) is 1.61. The lowest BCUT2D eigenvalue weighted by Gasteiger charge is -2.30. The van der Waals surface area contributed by atoms with Crippen molar-refractivity contribution in [2.24, 2.45) is 0 Å². The van der Waals surface area contributed by atoms with Crippen molar-refractivity contribution in [3.8, 4) is 5.75 Å². The number of methoxy groups -OCH3 is 2. The van der Waals surface area contributed by atoms with Crippen LogP contribution in [0.1, 0.15) is 11.6 Å². The monoisotopic (exact) mass is 267 g/mol. The Labute approximate surface area is 111 Å². The molecule has 0 radical (unpaired) electrons. The van der Waals surface area contributed by atoms with Crippen LogP contribution in [0.2, 0.25) is 0 Å². The second-order valence-corrected chi connectivity index (χ2v) is 5.15. The molecule has 1 aliphatic heterocycles. The van der Waals surface area contributed by atoms with E-state index in [9.17, 15) is 4.79 Å². The van der Waals surface area contributed by atoms with E-state index < -0.39 is 0 Å². The number of benzene rings is 1. The van der Waals surface area contributed by atoms with Gasteiger partial charge in [-0.05, 0) is 6.07 Å². The lowest BCUT2D eigenvalue weighted by Crippen LogP contribution is -2.45. The van der Waals surface area contributed by atoms with Crippen LogP contribution in [0, 0.1) is 0 Å². The molecule has 2 rings (SSSR count). The quantitative estimate of drug-likeness (QED) is 0.843. The minimum Gasteiger partial charge on any atom is -0.496 e. The molecule has 2 unspecified atom stereocenters. The van der Waals surface area contributed by atoms with Gasteiger partial charge in [0.25, 0.3) is 0 Å². The number of hydrogen-bond acceptors (Lipinski definition) is 5. The fraction of sp³-hybridized carbons (Fsp3) is 0.462. The largest absolute Gasteiger partial charge is 0.496 e. The topological polar surface area (TPSA) is 47.6 Å². The van der Waals surface area contributed by atoms with Crippen LogP contribution in [0.3, 0.4) is 0 Å². The van der Waals surface area contributed by atoms with Crippen LogP contribution in [0.5, 0.6) is 5.75 Å². The summed E-state index contributed by atoms with van der Waals surface area (Å²) in [6.07, 6.45) is 0. The summed E-state index contributed by atoms with van der Waals surface area (Å²) in [4.78, 5) is 11.6. The van der Waals surface area contributed by atoms with Gasteiger partial charge in [-0.3, -0.25) is 10.1 Å². The Morgan fingerprint density at radius 2 is 2.11 bits per heavy atom. The van der Waals surface area contributed by atoms with Gasteiger partial charge in [0.1, 0.15) is 11.8 Å². The molecule has 1 aromatic carbocycles. The maximum atomic E-state index is 11.6. The molecule has 0 amide bonds. The zero-order valence-electron chi connectivity index (χ0n) is 10.5. The number of hydrogen-bond donors (Lipinski definition) is 1. The first-order chi connectivity index (χ1) is 8.76. The molecule has 2 atom stereocenters. The van der Waals surface area contributed by atoms with Crippen LogP contribution < -0.4 is 10.1 Å². The van der Waals surface area contributed by atoms with Gasteiger partial charge in [0.05, 0.1) is 14.2 Å². The van der Waals surface area contributed by atoms with Gasteiger partial charge in [-0.15, -0.1) is 0 Å². The van der Waals surface area contributed by atoms with Crippen molar-refractivity contribution in [3.63, 3.8) is 0 Å². The van der Waals surface area contributed by atoms with Gasteiger partial charge in [-0.1, -0.05) is 18.2 Å². The highest BCUT2D eigenvalue weighted by molar-refractivity contribution is 7.99. The number of ether oxygens (including phenoxy) is 2. The summed E-state index contributed by atoms with van der Waals surface area (Å²) in [5, 5.41) is 3.32. The predicted molar refractivity (Wildman–Crippen MR) is 72.0 cm³/mol.